The maximum absolute atomic E-state index is 12.1. The Kier molecular flexibility index (Phi) is 5.12. The quantitative estimate of drug-likeness (QED) is 0.849. The topological polar surface area (TPSA) is 15.3 Å². The summed E-state index contributed by atoms with van der Waals surface area (Å²) in [6.45, 7) is 2.67. The van der Waals surface area contributed by atoms with Gasteiger partial charge in [-0.3, -0.25) is 4.90 Å². The number of nitrogens with one attached hydrogen (secondary N) is 1. The molecule has 19 heavy (non-hydrogen) atoms. The predicted molar refractivity (Wildman–Crippen MR) is 70.1 cm³/mol. The van der Waals surface area contributed by atoms with Gasteiger partial charge >= 0.3 is 6.18 Å². The first-order valence-corrected chi connectivity index (χ1v) is 7.50. The molecule has 0 aromatic carbocycles. The van der Waals surface area contributed by atoms with Crippen LogP contribution in [0.2, 0.25) is 0 Å². The molecule has 2 nitrogen and oxygen atoms in total. The summed E-state index contributed by atoms with van der Waals surface area (Å²) in [6.07, 6.45) is 3.55. The number of hydrogen-bond donors (Lipinski definition) is 1. The van der Waals surface area contributed by atoms with Crippen molar-refractivity contribution in [3.8, 4) is 0 Å². The second-order valence-electron chi connectivity index (χ2n) is 6.09. The van der Waals surface area contributed by atoms with Crippen LogP contribution in [0.3, 0.4) is 0 Å². The summed E-state index contributed by atoms with van der Waals surface area (Å²) in [5, 5.41) is 2.55. The molecule has 2 fully saturated rings. The van der Waals surface area contributed by atoms with Gasteiger partial charge in [0.25, 0.3) is 0 Å². The van der Waals surface area contributed by atoms with Crippen molar-refractivity contribution >= 4 is 0 Å². The van der Waals surface area contributed by atoms with Crippen molar-refractivity contribution in [1.29, 1.82) is 0 Å². The van der Waals surface area contributed by atoms with E-state index >= 15 is 0 Å². The number of halogens is 3. The number of likely N-dealkylation sites (tertiary alicyclic amines) is 1. The van der Waals surface area contributed by atoms with Crippen molar-refractivity contribution in [2.75, 3.05) is 19.6 Å². The maximum Gasteiger partial charge on any atom is 0.401 e. The van der Waals surface area contributed by atoms with Gasteiger partial charge in [-0.1, -0.05) is 12.8 Å². The van der Waals surface area contributed by atoms with E-state index in [1.54, 1.807) is 0 Å². The first-order chi connectivity index (χ1) is 8.97. The largest absolute Gasteiger partial charge is 0.401 e. The molecule has 112 valence electrons. The summed E-state index contributed by atoms with van der Waals surface area (Å²) in [5.41, 5.74) is 0. The highest BCUT2D eigenvalue weighted by Crippen LogP contribution is 2.36. The van der Waals surface area contributed by atoms with Gasteiger partial charge in [0.15, 0.2) is 0 Å². The molecule has 0 aromatic heterocycles. The Hall–Kier alpha value is -0.290. The molecule has 1 aliphatic heterocycles. The third kappa shape index (κ3) is 4.35. The van der Waals surface area contributed by atoms with Gasteiger partial charge in [0.2, 0.25) is 0 Å². The Labute approximate surface area is 113 Å². The highest BCUT2D eigenvalue weighted by molar-refractivity contribution is 4.90. The molecule has 1 unspecified atom stereocenters. The molecule has 0 radical (unpaired) electrons. The van der Waals surface area contributed by atoms with E-state index in [0.717, 1.165) is 12.5 Å². The summed E-state index contributed by atoms with van der Waals surface area (Å²) < 4.78 is 36.4. The molecule has 1 saturated carbocycles. The van der Waals surface area contributed by atoms with E-state index in [0.29, 0.717) is 12.6 Å². The van der Waals surface area contributed by atoms with E-state index in [-0.39, 0.29) is 6.04 Å². The summed E-state index contributed by atoms with van der Waals surface area (Å²) in [4.78, 5) is 2.46. The van der Waals surface area contributed by atoms with Gasteiger partial charge in [0.05, 0.1) is 6.54 Å². The molecule has 1 N–H and O–H groups in total. The molecular formula is C14H25F3N2. The smallest absolute Gasteiger partial charge is 0.307 e. The van der Waals surface area contributed by atoms with Crippen molar-refractivity contribution in [1.82, 2.24) is 10.2 Å². The van der Waals surface area contributed by atoms with Crippen LogP contribution < -0.4 is 5.32 Å². The Bertz CT molecular complexity index is 278. The van der Waals surface area contributed by atoms with Crippen LogP contribution in [0.4, 0.5) is 13.2 Å². The van der Waals surface area contributed by atoms with Gasteiger partial charge in [-0.25, -0.2) is 0 Å². The highest BCUT2D eigenvalue weighted by Gasteiger charge is 2.35. The summed E-state index contributed by atoms with van der Waals surface area (Å²) >= 11 is 0. The van der Waals surface area contributed by atoms with Gasteiger partial charge in [-0.2, -0.15) is 13.2 Å². The molecule has 1 aliphatic carbocycles. The number of fused-ring (bicyclic) bond motifs is 1. The van der Waals surface area contributed by atoms with E-state index in [2.05, 4.69) is 17.1 Å². The average Bonchev–Trinajstić information content (AvgIpc) is 2.36. The standard InChI is InChI=1S/C14H25F3N2/c1-11(9-18-10-14(15,16)17)19-8-4-6-12-5-2-3-7-13(12)19/h11-13,18H,2-10H2,1H3/t11?,12-,13-/m1/s1. The van der Waals surface area contributed by atoms with Crippen molar-refractivity contribution in [3.63, 3.8) is 0 Å². The number of alkyl halides is 3. The van der Waals surface area contributed by atoms with Crippen molar-refractivity contribution in [2.45, 2.75) is 63.7 Å². The van der Waals surface area contributed by atoms with Crippen molar-refractivity contribution in [2.24, 2.45) is 5.92 Å². The van der Waals surface area contributed by atoms with Crippen molar-refractivity contribution < 1.29 is 13.2 Å². The lowest BCUT2D eigenvalue weighted by atomic mass is 9.78. The molecule has 1 saturated heterocycles. The molecular weight excluding hydrogens is 253 g/mol. The van der Waals surface area contributed by atoms with Crippen LogP contribution in [0.25, 0.3) is 0 Å². The Balaban J connectivity index is 1.81. The fourth-order valence-corrected chi connectivity index (χ4v) is 3.75. The van der Waals surface area contributed by atoms with E-state index in [4.69, 9.17) is 0 Å². The minimum atomic E-state index is -4.10. The number of piperidine rings is 1. The second kappa shape index (κ2) is 6.44. The van der Waals surface area contributed by atoms with Crippen LogP contribution in [-0.2, 0) is 0 Å². The van der Waals surface area contributed by atoms with E-state index < -0.39 is 12.7 Å². The third-order valence-electron chi connectivity index (χ3n) is 4.62. The number of rotatable bonds is 4. The lowest BCUT2D eigenvalue weighted by Crippen LogP contribution is -2.53. The molecule has 1 heterocycles. The maximum atomic E-state index is 12.1. The molecule has 0 spiro atoms. The second-order valence-corrected chi connectivity index (χ2v) is 6.09. The zero-order chi connectivity index (χ0) is 13.9. The molecule has 0 amide bonds. The van der Waals surface area contributed by atoms with Gasteiger partial charge in [-0.15, -0.1) is 0 Å². The van der Waals surface area contributed by atoms with Crippen LogP contribution in [0.1, 0.15) is 45.4 Å². The lowest BCUT2D eigenvalue weighted by molar-refractivity contribution is -0.125. The zero-order valence-electron chi connectivity index (χ0n) is 11.7. The minimum Gasteiger partial charge on any atom is -0.307 e. The average molecular weight is 278 g/mol. The molecule has 0 bridgehead atoms. The summed E-state index contributed by atoms with van der Waals surface area (Å²) in [5.74, 6) is 0.785. The lowest BCUT2D eigenvalue weighted by Gasteiger charge is -2.47. The third-order valence-corrected chi connectivity index (χ3v) is 4.62. The first-order valence-electron chi connectivity index (χ1n) is 7.50. The van der Waals surface area contributed by atoms with Crippen LogP contribution >= 0.6 is 0 Å². The fourth-order valence-electron chi connectivity index (χ4n) is 3.75. The fraction of sp³-hybridized carbons (Fsp3) is 1.00. The summed E-state index contributed by atoms with van der Waals surface area (Å²) in [6, 6.07) is 0.818. The molecule has 0 aromatic rings. The van der Waals surface area contributed by atoms with E-state index in [1.165, 1.54) is 38.5 Å². The van der Waals surface area contributed by atoms with Crippen LogP contribution in [0, 0.1) is 5.92 Å². The minimum absolute atomic E-state index is 0.202. The molecule has 3 atom stereocenters. The Morgan fingerprint density at radius 2 is 1.84 bits per heavy atom. The monoisotopic (exact) mass is 278 g/mol. The normalized spacial score (nSPS) is 30.9. The number of nitrogens with zero attached hydrogens (tertiary/aromatic N) is 1. The molecule has 5 heteroatoms. The van der Waals surface area contributed by atoms with Crippen LogP contribution in [-0.4, -0.2) is 42.8 Å². The first kappa shape index (κ1) is 15.1. The highest BCUT2D eigenvalue weighted by atomic mass is 19.4. The summed E-state index contributed by atoms with van der Waals surface area (Å²) in [7, 11) is 0. The van der Waals surface area contributed by atoms with Crippen LogP contribution in [0.15, 0.2) is 0 Å². The molecule has 2 rings (SSSR count). The van der Waals surface area contributed by atoms with Gasteiger partial charge in [-0.05, 0) is 45.1 Å². The van der Waals surface area contributed by atoms with Gasteiger partial charge < -0.3 is 5.32 Å². The zero-order valence-corrected chi connectivity index (χ0v) is 11.7. The predicted octanol–water partition coefficient (Wildman–Crippen LogP) is 3.18. The van der Waals surface area contributed by atoms with Gasteiger partial charge in [0, 0.05) is 18.6 Å². The van der Waals surface area contributed by atoms with Gasteiger partial charge in [0.1, 0.15) is 0 Å². The Morgan fingerprint density at radius 3 is 2.58 bits per heavy atom. The van der Waals surface area contributed by atoms with E-state index in [9.17, 15) is 13.2 Å². The molecule has 2 aliphatic rings. The SMILES string of the molecule is CC(CNCC(F)(F)F)N1CCC[C@H]2CCCC[C@H]21. The van der Waals surface area contributed by atoms with E-state index in [1.807, 2.05) is 0 Å². The van der Waals surface area contributed by atoms with Crippen LogP contribution in [0.5, 0.6) is 0 Å². The van der Waals surface area contributed by atoms with Crippen molar-refractivity contribution in [3.05, 3.63) is 0 Å². The number of hydrogen-bond acceptors (Lipinski definition) is 2. The Morgan fingerprint density at radius 1 is 1.16 bits per heavy atom.